The number of hydrogen-bond acceptors (Lipinski definition) is 3. The fraction of sp³-hybridized carbons (Fsp3) is 0.684. The summed E-state index contributed by atoms with van der Waals surface area (Å²) in [4.78, 5) is 0. The van der Waals surface area contributed by atoms with Gasteiger partial charge < -0.3 is 15.4 Å². The molecule has 0 aromatic heterocycles. The number of nitrogens with one attached hydrogen (secondary N) is 2. The van der Waals surface area contributed by atoms with Crippen LogP contribution in [0.4, 0.5) is 4.39 Å². The summed E-state index contributed by atoms with van der Waals surface area (Å²) in [5.74, 6) is 0.510. The molecule has 1 saturated heterocycles. The molecule has 2 aliphatic rings. The number of morpholine rings is 1. The molecule has 4 heteroatoms. The zero-order chi connectivity index (χ0) is 16.3. The Morgan fingerprint density at radius 3 is 2.87 bits per heavy atom. The van der Waals surface area contributed by atoms with E-state index in [9.17, 15) is 4.39 Å². The predicted octanol–water partition coefficient (Wildman–Crippen LogP) is 2.85. The van der Waals surface area contributed by atoms with Gasteiger partial charge in [0, 0.05) is 30.6 Å². The van der Waals surface area contributed by atoms with Crippen LogP contribution in [0, 0.1) is 11.7 Å². The van der Waals surface area contributed by atoms with E-state index in [-0.39, 0.29) is 11.2 Å². The monoisotopic (exact) mass is 320 g/mol. The summed E-state index contributed by atoms with van der Waals surface area (Å²) in [6, 6.07) is 8.09. The summed E-state index contributed by atoms with van der Waals surface area (Å²) in [6.45, 7) is 7.62. The second kappa shape index (κ2) is 7.29. The molecule has 0 radical (unpaired) electrons. The molecule has 1 aromatic rings. The fourth-order valence-corrected chi connectivity index (χ4v) is 4.08. The molecule has 1 aromatic carbocycles. The molecular formula is C19H29FN2O. The highest BCUT2D eigenvalue weighted by Gasteiger charge is 2.35. The number of rotatable bonds is 5. The van der Waals surface area contributed by atoms with Gasteiger partial charge in [-0.15, -0.1) is 0 Å². The molecule has 0 bridgehead atoms. The van der Waals surface area contributed by atoms with Crippen molar-refractivity contribution in [1.29, 1.82) is 0 Å². The van der Waals surface area contributed by atoms with Gasteiger partial charge in [-0.3, -0.25) is 0 Å². The molecule has 0 amide bonds. The highest BCUT2D eigenvalue weighted by Crippen LogP contribution is 2.31. The van der Waals surface area contributed by atoms with Gasteiger partial charge in [0.25, 0.3) is 0 Å². The largest absolute Gasteiger partial charge is 0.379 e. The van der Waals surface area contributed by atoms with Crippen molar-refractivity contribution in [2.24, 2.45) is 5.92 Å². The lowest BCUT2D eigenvalue weighted by Gasteiger charge is -2.35. The van der Waals surface area contributed by atoms with Crippen molar-refractivity contribution in [2.75, 3.05) is 26.3 Å². The van der Waals surface area contributed by atoms with Crippen molar-refractivity contribution in [3.8, 4) is 0 Å². The van der Waals surface area contributed by atoms with Gasteiger partial charge in [0.2, 0.25) is 0 Å². The molecule has 2 fully saturated rings. The second-order valence-electron chi connectivity index (χ2n) is 7.58. The minimum atomic E-state index is -0.213. The van der Waals surface area contributed by atoms with Gasteiger partial charge in [-0.1, -0.05) is 38.5 Å². The molecule has 3 nitrogen and oxygen atoms in total. The first-order valence-corrected chi connectivity index (χ1v) is 8.87. The molecular weight excluding hydrogens is 291 g/mol. The first kappa shape index (κ1) is 16.9. The van der Waals surface area contributed by atoms with Gasteiger partial charge >= 0.3 is 0 Å². The van der Waals surface area contributed by atoms with E-state index in [0.717, 1.165) is 31.9 Å². The highest BCUT2D eigenvalue weighted by atomic mass is 19.1. The van der Waals surface area contributed by atoms with Crippen molar-refractivity contribution in [3.05, 3.63) is 35.6 Å². The van der Waals surface area contributed by atoms with E-state index in [0.29, 0.717) is 18.0 Å². The molecule has 23 heavy (non-hydrogen) atoms. The van der Waals surface area contributed by atoms with Crippen LogP contribution in [0.3, 0.4) is 0 Å². The molecule has 3 unspecified atom stereocenters. The van der Waals surface area contributed by atoms with Gasteiger partial charge in [-0.25, -0.2) is 4.39 Å². The maximum atomic E-state index is 14.1. The van der Waals surface area contributed by atoms with E-state index in [1.807, 2.05) is 12.1 Å². The highest BCUT2D eigenvalue weighted by molar-refractivity contribution is 5.26. The molecule has 1 heterocycles. The summed E-state index contributed by atoms with van der Waals surface area (Å²) in [7, 11) is 0. The van der Waals surface area contributed by atoms with Gasteiger partial charge in [0.1, 0.15) is 5.82 Å². The zero-order valence-electron chi connectivity index (χ0n) is 14.3. The van der Waals surface area contributed by atoms with Gasteiger partial charge in [-0.2, -0.15) is 0 Å². The Bertz CT molecular complexity index is 514. The topological polar surface area (TPSA) is 33.3 Å². The lowest BCUT2D eigenvalue weighted by atomic mass is 9.83. The average Bonchev–Trinajstić information content (AvgIpc) is 3.03. The summed E-state index contributed by atoms with van der Waals surface area (Å²) < 4.78 is 19.7. The minimum absolute atomic E-state index is 0.107. The van der Waals surface area contributed by atoms with E-state index in [1.165, 1.54) is 19.3 Å². The van der Waals surface area contributed by atoms with Crippen molar-refractivity contribution < 1.29 is 9.13 Å². The van der Waals surface area contributed by atoms with Crippen LogP contribution < -0.4 is 10.6 Å². The summed E-state index contributed by atoms with van der Waals surface area (Å²) in [5, 5.41) is 7.34. The second-order valence-corrected chi connectivity index (χ2v) is 7.58. The Morgan fingerprint density at radius 1 is 1.30 bits per heavy atom. The smallest absolute Gasteiger partial charge is 0.126 e. The van der Waals surface area contributed by atoms with Gasteiger partial charge in [0.15, 0.2) is 0 Å². The molecule has 3 atom stereocenters. The third kappa shape index (κ3) is 3.93. The molecule has 1 aliphatic heterocycles. The third-order valence-corrected chi connectivity index (χ3v) is 5.45. The minimum Gasteiger partial charge on any atom is -0.379 e. The normalized spacial score (nSPS) is 28.9. The average molecular weight is 320 g/mol. The molecule has 1 saturated carbocycles. The van der Waals surface area contributed by atoms with Crippen molar-refractivity contribution in [2.45, 2.75) is 50.6 Å². The van der Waals surface area contributed by atoms with Crippen LogP contribution in [0.1, 0.15) is 38.7 Å². The van der Waals surface area contributed by atoms with Crippen LogP contribution in [0.25, 0.3) is 0 Å². The van der Waals surface area contributed by atoms with Crippen LogP contribution in [0.2, 0.25) is 0 Å². The van der Waals surface area contributed by atoms with Gasteiger partial charge in [0.05, 0.1) is 13.2 Å². The predicted molar refractivity (Wildman–Crippen MR) is 91.2 cm³/mol. The first-order valence-electron chi connectivity index (χ1n) is 8.87. The third-order valence-electron chi connectivity index (χ3n) is 5.45. The van der Waals surface area contributed by atoms with Crippen molar-refractivity contribution in [3.63, 3.8) is 0 Å². The maximum Gasteiger partial charge on any atom is 0.126 e. The van der Waals surface area contributed by atoms with Crippen LogP contribution in [0.15, 0.2) is 24.3 Å². The van der Waals surface area contributed by atoms with E-state index in [1.54, 1.807) is 12.1 Å². The van der Waals surface area contributed by atoms with E-state index in [2.05, 4.69) is 24.5 Å². The summed E-state index contributed by atoms with van der Waals surface area (Å²) >= 11 is 0. The Morgan fingerprint density at radius 2 is 2.13 bits per heavy atom. The molecule has 128 valence electrons. The van der Waals surface area contributed by atoms with Crippen LogP contribution in [-0.4, -0.2) is 38.4 Å². The lowest BCUT2D eigenvalue weighted by Crippen LogP contribution is -2.52. The maximum absolute atomic E-state index is 14.1. The Balaban J connectivity index is 1.61. The van der Waals surface area contributed by atoms with E-state index >= 15 is 0 Å². The lowest BCUT2D eigenvalue weighted by molar-refractivity contribution is 0.0522. The number of halogens is 1. The van der Waals surface area contributed by atoms with Gasteiger partial charge in [-0.05, 0) is 30.4 Å². The number of benzene rings is 1. The van der Waals surface area contributed by atoms with Crippen molar-refractivity contribution in [1.82, 2.24) is 10.6 Å². The van der Waals surface area contributed by atoms with E-state index < -0.39 is 0 Å². The van der Waals surface area contributed by atoms with E-state index in [4.69, 9.17) is 4.74 Å². The molecule has 3 rings (SSSR count). The Labute approximate surface area is 139 Å². The summed E-state index contributed by atoms with van der Waals surface area (Å²) in [6.07, 6.45) is 3.72. The molecule has 0 spiro atoms. The van der Waals surface area contributed by atoms with Crippen molar-refractivity contribution >= 4 is 0 Å². The molecule has 1 aliphatic carbocycles. The Hall–Kier alpha value is -0.970. The van der Waals surface area contributed by atoms with Crippen LogP contribution in [0.5, 0.6) is 0 Å². The molecule has 2 N–H and O–H groups in total. The van der Waals surface area contributed by atoms with Crippen LogP contribution >= 0.6 is 0 Å². The zero-order valence-corrected chi connectivity index (χ0v) is 14.3. The summed E-state index contributed by atoms with van der Waals surface area (Å²) in [5.41, 5.74) is 0.579. The Kier molecular flexibility index (Phi) is 5.34. The number of ether oxygens (including phenoxy) is 1. The fourth-order valence-electron chi connectivity index (χ4n) is 4.08. The first-order chi connectivity index (χ1) is 11.1. The number of hydrogen-bond donors (Lipinski definition) is 2. The quantitative estimate of drug-likeness (QED) is 0.875. The standard InChI is InChI=1S/C19H29FN2O/c1-19(2,15-7-3-4-8-16(15)20)13-22-17-9-5-6-14(17)18-12-23-11-10-21-18/h3-4,7-8,14,17-18,21-22H,5-6,9-13H2,1-2H3. The SMILES string of the molecule is CC(C)(CNC1CCCC1C1COCCN1)c1ccccc1F. The van der Waals surface area contributed by atoms with Crippen LogP contribution in [-0.2, 0) is 10.2 Å².